The highest BCUT2D eigenvalue weighted by Gasteiger charge is 2.17. The SMILES string of the molecule is CCc1noc(C(C)Sc2n[nH]c(Cc3cccs3)n2)n1. The van der Waals surface area contributed by atoms with Gasteiger partial charge in [-0.1, -0.05) is 29.9 Å². The third kappa shape index (κ3) is 3.51. The molecule has 6 nitrogen and oxygen atoms in total. The maximum atomic E-state index is 5.24. The van der Waals surface area contributed by atoms with Crippen molar-refractivity contribution in [3.8, 4) is 0 Å². The third-order valence-electron chi connectivity index (χ3n) is 2.86. The zero-order valence-electron chi connectivity index (χ0n) is 11.7. The molecular formula is C13H15N5OS2. The second-order valence-electron chi connectivity index (χ2n) is 4.48. The van der Waals surface area contributed by atoms with Gasteiger partial charge in [-0.3, -0.25) is 5.10 Å². The Bertz CT molecular complexity index is 691. The molecule has 0 aromatic carbocycles. The summed E-state index contributed by atoms with van der Waals surface area (Å²) in [5.41, 5.74) is 0. The van der Waals surface area contributed by atoms with Crippen LogP contribution in [0, 0.1) is 0 Å². The zero-order valence-corrected chi connectivity index (χ0v) is 13.4. The van der Waals surface area contributed by atoms with Crippen molar-refractivity contribution in [2.24, 2.45) is 0 Å². The van der Waals surface area contributed by atoms with Crippen LogP contribution in [0.4, 0.5) is 0 Å². The van der Waals surface area contributed by atoms with Gasteiger partial charge in [0, 0.05) is 17.7 Å². The number of nitrogens with one attached hydrogen (secondary N) is 1. The summed E-state index contributed by atoms with van der Waals surface area (Å²) >= 11 is 3.22. The maximum Gasteiger partial charge on any atom is 0.239 e. The van der Waals surface area contributed by atoms with E-state index in [1.165, 1.54) is 16.6 Å². The van der Waals surface area contributed by atoms with E-state index < -0.39 is 0 Å². The van der Waals surface area contributed by atoms with Crippen molar-refractivity contribution in [3.05, 3.63) is 39.9 Å². The van der Waals surface area contributed by atoms with Gasteiger partial charge in [0.25, 0.3) is 0 Å². The normalized spacial score (nSPS) is 12.7. The molecule has 0 saturated carbocycles. The van der Waals surface area contributed by atoms with Gasteiger partial charge in [0.1, 0.15) is 5.82 Å². The van der Waals surface area contributed by atoms with Gasteiger partial charge in [0.2, 0.25) is 11.0 Å². The smallest absolute Gasteiger partial charge is 0.239 e. The summed E-state index contributed by atoms with van der Waals surface area (Å²) in [6, 6.07) is 4.13. The van der Waals surface area contributed by atoms with Crippen LogP contribution in [0.2, 0.25) is 0 Å². The number of hydrogen-bond acceptors (Lipinski definition) is 7. The largest absolute Gasteiger partial charge is 0.338 e. The molecule has 1 atom stereocenters. The van der Waals surface area contributed by atoms with E-state index in [-0.39, 0.29) is 5.25 Å². The number of H-pyrrole nitrogens is 1. The predicted molar refractivity (Wildman–Crippen MR) is 81.5 cm³/mol. The van der Waals surface area contributed by atoms with Crippen LogP contribution in [-0.2, 0) is 12.8 Å². The Kier molecular flexibility index (Phi) is 4.35. The zero-order chi connectivity index (χ0) is 14.7. The van der Waals surface area contributed by atoms with Gasteiger partial charge in [-0.25, -0.2) is 4.98 Å². The van der Waals surface area contributed by atoms with Gasteiger partial charge in [0.15, 0.2) is 5.82 Å². The molecule has 0 aliphatic heterocycles. The van der Waals surface area contributed by atoms with Crippen molar-refractivity contribution in [1.29, 1.82) is 0 Å². The number of thiophene rings is 1. The fourth-order valence-electron chi connectivity index (χ4n) is 1.77. The van der Waals surface area contributed by atoms with Gasteiger partial charge < -0.3 is 4.52 Å². The summed E-state index contributed by atoms with van der Waals surface area (Å²) in [5.74, 6) is 2.21. The average molecular weight is 321 g/mol. The fraction of sp³-hybridized carbons (Fsp3) is 0.385. The lowest BCUT2D eigenvalue weighted by atomic mass is 10.3. The highest BCUT2D eigenvalue weighted by Crippen LogP contribution is 2.31. The summed E-state index contributed by atoms with van der Waals surface area (Å²) in [6.07, 6.45) is 1.55. The van der Waals surface area contributed by atoms with Crippen LogP contribution in [-0.4, -0.2) is 25.3 Å². The predicted octanol–water partition coefficient (Wildman–Crippen LogP) is 3.26. The number of rotatable bonds is 6. The molecule has 0 fully saturated rings. The van der Waals surface area contributed by atoms with Gasteiger partial charge in [-0.05, 0) is 18.4 Å². The van der Waals surface area contributed by atoms with Crippen molar-refractivity contribution >= 4 is 23.1 Å². The summed E-state index contributed by atoms with van der Waals surface area (Å²) in [4.78, 5) is 10.1. The average Bonchev–Trinajstić information content (AvgIpc) is 3.20. The first-order chi connectivity index (χ1) is 10.2. The van der Waals surface area contributed by atoms with E-state index in [4.69, 9.17) is 4.52 Å². The van der Waals surface area contributed by atoms with Crippen LogP contribution in [0.5, 0.6) is 0 Å². The van der Waals surface area contributed by atoms with Crippen LogP contribution in [0.3, 0.4) is 0 Å². The van der Waals surface area contributed by atoms with Gasteiger partial charge >= 0.3 is 0 Å². The molecule has 3 aromatic rings. The Morgan fingerprint density at radius 1 is 1.43 bits per heavy atom. The maximum absolute atomic E-state index is 5.24. The lowest BCUT2D eigenvalue weighted by molar-refractivity contribution is 0.375. The molecular weight excluding hydrogens is 306 g/mol. The van der Waals surface area contributed by atoms with Crippen LogP contribution >= 0.6 is 23.1 Å². The molecule has 1 N–H and O–H groups in total. The Morgan fingerprint density at radius 3 is 3.05 bits per heavy atom. The Hall–Kier alpha value is -1.67. The molecule has 110 valence electrons. The van der Waals surface area contributed by atoms with E-state index in [9.17, 15) is 0 Å². The minimum atomic E-state index is 0.0307. The molecule has 3 aromatic heterocycles. The second kappa shape index (κ2) is 6.40. The minimum absolute atomic E-state index is 0.0307. The Morgan fingerprint density at radius 2 is 2.33 bits per heavy atom. The molecule has 0 aliphatic rings. The van der Waals surface area contributed by atoms with Crippen molar-refractivity contribution in [2.75, 3.05) is 0 Å². The van der Waals surface area contributed by atoms with Crippen molar-refractivity contribution in [1.82, 2.24) is 25.3 Å². The molecule has 0 amide bonds. The number of nitrogens with zero attached hydrogens (tertiary/aromatic N) is 4. The highest BCUT2D eigenvalue weighted by atomic mass is 32.2. The standard InChI is InChI=1S/C13H15N5OS2/c1-3-10-14-12(19-18-10)8(2)21-13-15-11(16-17-13)7-9-5-4-6-20-9/h4-6,8H,3,7H2,1-2H3,(H,15,16,17). The van der Waals surface area contributed by atoms with Crippen LogP contribution in [0.25, 0.3) is 0 Å². The van der Waals surface area contributed by atoms with Crippen molar-refractivity contribution < 1.29 is 4.52 Å². The minimum Gasteiger partial charge on any atom is -0.338 e. The van der Waals surface area contributed by atoms with E-state index in [0.29, 0.717) is 11.0 Å². The molecule has 8 heteroatoms. The monoisotopic (exact) mass is 321 g/mol. The first-order valence-electron chi connectivity index (χ1n) is 6.67. The number of aromatic nitrogens is 5. The molecule has 0 bridgehead atoms. The van der Waals surface area contributed by atoms with E-state index in [1.54, 1.807) is 11.3 Å². The van der Waals surface area contributed by atoms with Gasteiger partial charge in [0.05, 0.1) is 5.25 Å². The molecule has 0 radical (unpaired) electrons. The van der Waals surface area contributed by atoms with Crippen LogP contribution in [0.1, 0.15) is 41.5 Å². The molecule has 3 rings (SSSR count). The molecule has 21 heavy (non-hydrogen) atoms. The summed E-state index contributed by atoms with van der Waals surface area (Å²) < 4.78 is 5.24. The third-order valence-corrected chi connectivity index (χ3v) is 4.69. The molecule has 1 unspecified atom stereocenters. The number of aryl methyl sites for hydroxylation is 1. The molecule has 0 aliphatic carbocycles. The highest BCUT2D eigenvalue weighted by molar-refractivity contribution is 7.99. The summed E-state index contributed by atoms with van der Waals surface area (Å²) in [6.45, 7) is 4.01. The summed E-state index contributed by atoms with van der Waals surface area (Å²) in [5, 5.41) is 13.9. The number of hydrogen-bond donors (Lipinski definition) is 1. The van der Waals surface area contributed by atoms with Gasteiger partial charge in [-0.15, -0.1) is 16.4 Å². The lowest BCUT2D eigenvalue weighted by Gasteiger charge is -2.01. The fourth-order valence-corrected chi connectivity index (χ4v) is 3.26. The van der Waals surface area contributed by atoms with E-state index in [2.05, 4.69) is 36.8 Å². The second-order valence-corrected chi connectivity index (χ2v) is 6.82. The van der Waals surface area contributed by atoms with Gasteiger partial charge in [-0.2, -0.15) is 4.98 Å². The first-order valence-corrected chi connectivity index (χ1v) is 8.43. The Labute approximate surface area is 130 Å². The summed E-state index contributed by atoms with van der Waals surface area (Å²) in [7, 11) is 0. The Balaban J connectivity index is 1.63. The number of thioether (sulfide) groups is 1. The lowest BCUT2D eigenvalue weighted by Crippen LogP contribution is -1.91. The molecule has 0 spiro atoms. The van der Waals surface area contributed by atoms with Crippen LogP contribution in [0.15, 0.2) is 27.2 Å². The first kappa shape index (κ1) is 14.3. The number of aromatic amines is 1. The molecule has 0 saturated heterocycles. The van der Waals surface area contributed by atoms with Crippen LogP contribution < -0.4 is 0 Å². The van der Waals surface area contributed by atoms with Crippen molar-refractivity contribution in [2.45, 2.75) is 37.1 Å². The topological polar surface area (TPSA) is 80.5 Å². The van der Waals surface area contributed by atoms with Crippen molar-refractivity contribution in [3.63, 3.8) is 0 Å². The quantitative estimate of drug-likeness (QED) is 0.702. The van der Waals surface area contributed by atoms with E-state index in [1.807, 2.05) is 19.9 Å². The molecule has 3 heterocycles. The van der Waals surface area contributed by atoms with E-state index in [0.717, 1.165) is 24.5 Å². The van der Waals surface area contributed by atoms with E-state index >= 15 is 0 Å².